The van der Waals surface area contributed by atoms with Crippen molar-refractivity contribution in [2.45, 2.75) is 133 Å². The lowest BCUT2D eigenvalue weighted by Gasteiger charge is -2.49. The Balaban J connectivity index is 1.43. The summed E-state index contributed by atoms with van der Waals surface area (Å²) in [5, 5.41) is 34.7. The van der Waals surface area contributed by atoms with E-state index in [2.05, 4.69) is 5.32 Å². The number of aliphatic hydroxyl groups is 3. The minimum atomic E-state index is -1.54. The third-order valence-corrected chi connectivity index (χ3v) is 10.4. The number of ether oxygens (including phenoxy) is 8. The van der Waals surface area contributed by atoms with Crippen molar-refractivity contribution in [3.63, 3.8) is 0 Å². The van der Waals surface area contributed by atoms with E-state index >= 15 is 0 Å². The maximum atomic E-state index is 12.4. The summed E-state index contributed by atoms with van der Waals surface area (Å²) in [4.78, 5) is 23.9. The molecule has 2 heterocycles. The normalized spacial score (nSPS) is 26.9. The fourth-order valence-electron chi connectivity index (χ4n) is 7.20. The maximum Gasteiger partial charge on any atom is 0.305 e. The van der Waals surface area contributed by atoms with Crippen LogP contribution in [0.25, 0.3) is 0 Å². The van der Waals surface area contributed by atoms with E-state index in [0.29, 0.717) is 26.1 Å². The highest BCUT2D eigenvalue weighted by Gasteiger charge is 2.53. The molecule has 0 aromatic heterocycles. The molecule has 10 atom stereocenters. The van der Waals surface area contributed by atoms with Crippen LogP contribution >= 0.6 is 0 Å². The number of aliphatic hydroxyl groups excluding tert-OH is 3. The van der Waals surface area contributed by atoms with E-state index in [4.69, 9.17) is 37.9 Å². The van der Waals surface area contributed by atoms with Gasteiger partial charge in [0.1, 0.15) is 48.8 Å². The number of carbonyl (C=O) groups excluding carboxylic acids is 2. The quantitative estimate of drug-likeness (QED) is 0.0741. The Morgan fingerprint density at radius 3 is 1.76 bits per heavy atom. The first-order valence-electron chi connectivity index (χ1n) is 20.6. The van der Waals surface area contributed by atoms with Gasteiger partial charge in [-0.2, -0.15) is 0 Å². The Bertz CT molecular complexity index is 1620. The minimum Gasteiger partial charge on any atom is -0.469 e. The van der Waals surface area contributed by atoms with Crippen LogP contribution in [0.4, 0.5) is 0 Å². The summed E-state index contributed by atoms with van der Waals surface area (Å²) >= 11 is 0. The van der Waals surface area contributed by atoms with Crippen molar-refractivity contribution >= 4 is 11.9 Å². The number of rotatable bonds is 24. The SMILES string of the molecule is COC(=O)CCCCCCCCO[C@H]1O[C@H](COCc2ccccc2)[C@@H](OCc2ccccc2)[C@H](OCc2ccccc2)[C@@H]1O[C@H]1O[C@H](CO)[C@@H](O)[C@H](O)[C@@H]1NC(C)=O. The Morgan fingerprint density at radius 1 is 0.644 bits per heavy atom. The molecule has 3 aromatic rings. The van der Waals surface area contributed by atoms with Gasteiger partial charge in [0, 0.05) is 20.0 Å². The first-order valence-corrected chi connectivity index (χ1v) is 20.6. The molecule has 0 radical (unpaired) electrons. The van der Waals surface area contributed by atoms with Gasteiger partial charge in [0.2, 0.25) is 5.91 Å². The summed E-state index contributed by atoms with van der Waals surface area (Å²) in [6, 6.07) is 27.9. The molecular formula is C45H61NO13. The van der Waals surface area contributed by atoms with Crippen LogP contribution < -0.4 is 5.32 Å². The van der Waals surface area contributed by atoms with Gasteiger partial charge in [-0.25, -0.2) is 0 Å². The second-order valence-corrected chi connectivity index (χ2v) is 14.9. The van der Waals surface area contributed by atoms with Gasteiger partial charge < -0.3 is 58.5 Å². The highest BCUT2D eigenvalue weighted by molar-refractivity contribution is 5.73. The zero-order chi connectivity index (χ0) is 41.8. The van der Waals surface area contributed by atoms with Crippen molar-refractivity contribution in [3.05, 3.63) is 108 Å². The molecular weight excluding hydrogens is 762 g/mol. The van der Waals surface area contributed by atoms with E-state index in [-0.39, 0.29) is 25.8 Å². The van der Waals surface area contributed by atoms with Crippen LogP contribution in [0.3, 0.4) is 0 Å². The molecule has 0 bridgehead atoms. The molecule has 59 heavy (non-hydrogen) atoms. The Kier molecular flexibility index (Phi) is 19.7. The molecule has 14 heteroatoms. The van der Waals surface area contributed by atoms with Crippen molar-refractivity contribution in [2.24, 2.45) is 0 Å². The highest BCUT2D eigenvalue weighted by atomic mass is 16.8. The van der Waals surface area contributed by atoms with Gasteiger partial charge in [-0.05, 0) is 29.5 Å². The van der Waals surface area contributed by atoms with Crippen LogP contribution in [0.2, 0.25) is 0 Å². The van der Waals surface area contributed by atoms with Gasteiger partial charge in [-0.15, -0.1) is 0 Å². The van der Waals surface area contributed by atoms with E-state index in [9.17, 15) is 24.9 Å². The Morgan fingerprint density at radius 2 is 1.19 bits per heavy atom. The van der Waals surface area contributed by atoms with Crippen molar-refractivity contribution in [2.75, 3.05) is 26.9 Å². The molecule has 0 saturated carbocycles. The molecule has 5 rings (SSSR count). The molecule has 0 unspecified atom stereocenters. The molecule has 4 N–H and O–H groups in total. The van der Waals surface area contributed by atoms with Crippen LogP contribution in [0.15, 0.2) is 91.0 Å². The topological polar surface area (TPSA) is 181 Å². The first-order chi connectivity index (χ1) is 28.8. The smallest absolute Gasteiger partial charge is 0.305 e. The van der Waals surface area contributed by atoms with E-state index in [1.807, 2.05) is 91.0 Å². The average molecular weight is 824 g/mol. The Hall–Kier alpha value is -3.80. The fourth-order valence-corrected chi connectivity index (χ4v) is 7.20. The zero-order valence-corrected chi connectivity index (χ0v) is 34.1. The second kappa shape index (κ2) is 25.1. The lowest BCUT2D eigenvalue weighted by molar-refractivity contribution is -0.364. The van der Waals surface area contributed by atoms with E-state index in [1.54, 1.807) is 0 Å². The zero-order valence-electron chi connectivity index (χ0n) is 34.1. The summed E-state index contributed by atoms with van der Waals surface area (Å²) in [7, 11) is 1.40. The molecule has 324 valence electrons. The van der Waals surface area contributed by atoms with Crippen LogP contribution in [-0.4, -0.2) is 115 Å². The average Bonchev–Trinajstić information content (AvgIpc) is 3.25. The van der Waals surface area contributed by atoms with Gasteiger partial charge in [0.25, 0.3) is 0 Å². The van der Waals surface area contributed by atoms with Crippen molar-refractivity contribution in [1.29, 1.82) is 0 Å². The number of hydrogen-bond acceptors (Lipinski definition) is 13. The van der Waals surface area contributed by atoms with E-state index in [1.165, 1.54) is 14.0 Å². The molecule has 3 aromatic carbocycles. The number of amides is 1. The highest BCUT2D eigenvalue weighted by Crippen LogP contribution is 2.34. The van der Waals surface area contributed by atoms with Gasteiger partial charge in [-0.1, -0.05) is 117 Å². The molecule has 2 saturated heterocycles. The molecule has 14 nitrogen and oxygen atoms in total. The molecule has 2 aliphatic rings. The van der Waals surface area contributed by atoms with Crippen molar-refractivity contribution < 1.29 is 62.8 Å². The molecule has 0 aliphatic carbocycles. The third-order valence-electron chi connectivity index (χ3n) is 10.4. The van der Waals surface area contributed by atoms with Gasteiger partial charge in [-0.3, -0.25) is 9.59 Å². The van der Waals surface area contributed by atoms with Crippen LogP contribution in [0, 0.1) is 0 Å². The number of nitrogens with one attached hydrogen (secondary N) is 1. The monoisotopic (exact) mass is 823 g/mol. The second-order valence-electron chi connectivity index (χ2n) is 14.9. The number of carbonyl (C=O) groups is 2. The molecule has 0 spiro atoms. The minimum absolute atomic E-state index is 0.115. The van der Waals surface area contributed by atoms with Gasteiger partial charge in [0.05, 0.1) is 40.1 Å². The fraction of sp³-hybridized carbons (Fsp3) is 0.556. The largest absolute Gasteiger partial charge is 0.469 e. The number of esters is 1. The molecule has 2 aliphatic heterocycles. The molecule has 1 amide bonds. The number of benzene rings is 3. The van der Waals surface area contributed by atoms with E-state index < -0.39 is 73.9 Å². The lowest BCUT2D eigenvalue weighted by atomic mass is 9.95. The summed E-state index contributed by atoms with van der Waals surface area (Å²) in [6.45, 7) is 1.77. The summed E-state index contributed by atoms with van der Waals surface area (Å²) < 4.78 is 50.5. The predicted octanol–water partition coefficient (Wildman–Crippen LogP) is 4.35. The standard InChI is InChI=1S/C45H61NO13/c1-31(48)46-38-40(51)39(50)35(26-47)57-44(38)59-43-42(56-29-34-22-14-9-15-23-34)41(55-28-33-20-12-8-13-21-33)36(30-53-27-32-18-10-7-11-19-32)58-45(43)54-25-17-6-4-3-5-16-24-37(49)52-2/h7-15,18-23,35-36,38-45,47,50-51H,3-6,16-17,24-30H2,1-2H3,(H,46,48)/t35-,36-,38+,39-,40-,41-,42+,43+,44-,45+/m1/s1. The van der Waals surface area contributed by atoms with Crippen LogP contribution in [0.1, 0.15) is 68.6 Å². The summed E-state index contributed by atoms with van der Waals surface area (Å²) in [5.41, 5.74) is 2.80. The van der Waals surface area contributed by atoms with Gasteiger partial charge in [0.15, 0.2) is 12.6 Å². The number of hydrogen-bond donors (Lipinski definition) is 4. The predicted molar refractivity (Wildman–Crippen MR) is 215 cm³/mol. The third kappa shape index (κ3) is 14.7. The van der Waals surface area contributed by atoms with Gasteiger partial charge >= 0.3 is 5.97 Å². The lowest BCUT2D eigenvalue weighted by Crippen LogP contribution is -2.68. The van der Waals surface area contributed by atoms with Crippen LogP contribution in [-0.2, 0) is 67.3 Å². The summed E-state index contributed by atoms with van der Waals surface area (Å²) in [5.74, 6) is -0.694. The van der Waals surface area contributed by atoms with Crippen LogP contribution in [0.5, 0.6) is 0 Å². The Labute approximate surface area is 347 Å². The number of methoxy groups -OCH3 is 1. The molecule has 2 fully saturated rings. The number of unbranched alkanes of at least 4 members (excludes halogenated alkanes) is 5. The van der Waals surface area contributed by atoms with Crippen molar-refractivity contribution in [3.8, 4) is 0 Å². The van der Waals surface area contributed by atoms with E-state index in [0.717, 1.165) is 48.8 Å². The first kappa shape index (κ1) is 46.3. The summed E-state index contributed by atoms with van der Waals surface area (Å²) in [6.07, 6.45) is -4.62. The maximum absolute atomic E-state index is 12.4. The van der Waals surface area contributed by atoms with Crippen molar-refractivity contribution in [1.82, 2.24) is 5.32 Å².